The lowest BCUT2D eigenvalue weighted by Gasteiger charge is -2.10. The second-order valence-electron chi connectivity index (χ2n) is 4.44. The molecule has 0 bridgehead atoms. The minimum Gasteiger partial charge on any atom is -0.484 e. The average molecular weight is 276 g/mol. The van der Waals surface area contributed by atoms with Gasteiger partial charge in [-0.1, -0.05) is 19.1 Å². The minimum atomic E-state index is 0.421. The van der Waals surface area contributed by atoms with E-state index in [1.54, 1.807) is 11.8 Å². The van der Waals surface area contributed by atoms with Gasteiger partial charge in [0.15, 0.2) is 5.82 Å². The van der Waals surface area contributed by atoms with E-state index in [-0.39, 0.29) is 0 Å². The van der Waals surface area contributed by atoms with Gasteiger partial charge in [0.2, 0.25) is 0 Å². The number of hydrogen-bond donors (Lipinski definition) is 0. The Morgan fingerprint density at radius 2 is 2.21 bits per heavy atom. The highest BCUT2D eigenvalue weighted by Gasteiger charge is 2.27. The van der Waals surface area contributed by atoms with Crippen LogP contribution < -0.4 is 4.74 Å². The molecule has 19 heavy (non-hydrogen) atoms. The zero-order valence-corrected chi connectivity index (χ0v) is 11.6. The van der Waals surface area contributed by atoms with Gasteiger partial charge in [-0.25, -0.2) is 4.68 Å². The van der Waals surface area contributed by atoms with Gasteiger partial charge in [-0.05, 0) is 41.2 Å². The summed E-state index contributed by atoms with van der Waals surface area (Å²) in [5.41, 5.74) is 0. The lowest BCUT2D eigenvalue weighted by atomic mass is 10.3. The van der Waals surface area contributed by atoms with Crippen molar-refractivity contribution in [3.8, 4) is 5.75 Å². The summed E-state index contributed by atoms with van der Waals surface area (Å²) < 4.78 is 7.75. The van der Waals surface area contributed by atoms with Gasteiger partial charge >= 0.3 is 0 Å². The molecule has 1 aliphatic carbocycles. The van der Waals surface area contributed by atoms with Gasteiger partial charge in [0, 0.05) is 4.90 Å². The predicted octanol–water partition coefficient (Wildman–Crippen LogP) is 2.70. The highest BCUT2D eigenvalue weighted by atomic mass is 32.2. The Morgan fingerprint density at radius 1 is 1.37 bits per heavy atom. The van der Waals surface area contributed by atoms with E-state index >= 15 is 0 Å². The highest BCUT2D eigenvalue weighted by molar-refractivity contribution is 7.99. The standard InChI is InChI=1S/C13H16N4OS/c1-2-19-12-6-4-3-5-11(12)18-9-13-14-15-16-17(13)10-7-8-10/h3-6,10H,2,7-9H2,1H3. The number of rotatable bonds is 6. The van der Waals surface area contributed by atoms with Gasteiger partial charge in [-0.3, -0.25) is 0 Å². The Kier molecular flexibility index (Phi) is 3.68. The van der Waals surface area contributed by atoms with Gasteiger partial charge in [0.25, 0.3) is 0 Å². The Balaban J connectivity index is 1.70. The quantitative estimate of drug-likeness (QED) is 0.759. The molecule has 1 fully saturated rings. The smallest absolute Gasteiger partial charge is 0.189 e. The van der Waals surface area contributed by atoms with Crippen LogP contribution in [0.25, 0.3) is 0 Å². The lowest BCUT2D eigenvalue weighted by Crippen LogP contribution is -2.07. The fraction of sp³-hybridized carbons (Fsp3) is 0.462. The van der Waals surface area contributed by atoms with E-state index in [4.69, 9.17) is 4.74 Å². The number of aromatic nitrogens is 4. The van der Waals surface area contributed by atoms with E-state index in [2.05, 4.69) is 28.5 Å². The number of hydrogen-bond acceptors (Lipinski definition) is 5. The van der Waals surface area contributed by atoms with Crippen molar-refractivity contribution in [2.45, 2.75) is 37.3 Å². The molecule has 6 heteroatoms. The molecule has 3 rings (SSSR count). The first-order valence-electron chi connectivity index (χ1n) is 6.50. The molecular weight excluding hydrogens is 260 g/mol. The lowest BCUT2D eigenvalue weighted by molar-refractivity contribution is 0.280. The first kappa shape index (κ1) is 12.5. The zero-order valence-electron chi connectivity index (χ0n) is 10.8. The van der Waals surface area contributed by atoms with E-state index in [9.17, 15) is 0 Å². The average Bonchev–Trinajstić information content (AvgIpc) is 3.17. The summed E-state index contributed by atoms with van der Waals surface area (Å²) in [6.45, 7) is 2.56. The summed E-state index contributed by atoms with van der Waals surface area (Å²) in [4.78, 5) is 1.16. The zero-order chi connectivity index (χ0) is 13.1. The maximum atomic E-state index is 5.87. The third-order valence-electron chi connectivity index (χ3n) is 2.96. The molecule has 0 spiro atoms. The summed E-state index contributed by atoms with van der Waals surface area (Å²) in [7, 11) is 0. The maximum absolute atomic E-state index is 5.87. The van der Waals surface area contributed by atoms with Crippen molar-refractivity contribution in [1.82, 2.24) is 20.2 Å². The fourth-order valence-electron chi connectivity index (χ4n) is 1.90. The van der Waals surface area contributed by atoms with E-state index in [0.717, 1.165) is 22.2 Å². The summed E-state index contributed by atoms with van der Waals surface area (Å²) in [5, 5.41) is 11.8. The van der Waals surface area contributed by atoms with Crippen LogP contribution in [0, 0.1) is 0 Å². The fourth-order valence-corrected chi connectivity index (χ4v) is 2.65. The van der Waals surface area contributed by atoms with Gasteiger partial charge in [-0.2, -0.15) is 0 Å². The first-order chi connectivity index (χ1) is 9.38. The van der Waals surface area contributed by atoms with Crippen LogP contribution in [-0.2, 0) is 6.61 Å². The summed E-state index contributed by atoms with van der Waals surface area (Å²) >= 11 is 1.78. The van der Waals surface area contributed by atoms with Crippen LogP contribution in [0.4, 0.5) is 0 Å². The molecule has 0 aliphatic heterocycles. The summed E-state index contributed by atoms with van der Waals surface area (Å²) in [5.74, 6) is 2.73. The molecule has 1 aromatic carbocycles. The van der Waals surface area contributed by atoms with Gasteiger partial charge in [-0.15, -0.1) is 16.9 Å². The molecule has 0 radical (unpaired) electrons. The number of ether oxygens (including phenoxy) is 1. The van der Waals surface area contributed by atoms with Gasteiger partial charge in [0.1, 0.15) is 12.4 Å². The minimum absolute atomic E-state index is 0.421. The van der Waals surface area contributed by atoms with Crippen molar-refractivity contribution in [3.05, 3.63) is 30.1 Å². The van der Waals surface area contributed by atoms with E-state index < -0.39 is 0 Å². The molecule has 5 nitrogen and oxygen atoms in total. The maximum Gasteiger partial charge on any atom is 0.189 e. The van der Waals surface area contributed by atoms with Crippen LogP contribution in [0.1, 0.15) is 31.6 Å². The Bertz CT molecular complexity index is 553. The number of tetrazole rings is 1. The number of para-hydroxylation sites is 1. The Hall–Kier alpha value is -1.56. The molecule has 0 atom stereocenters. The molecule has 1 aromatic heterocycles. The molecular formula is C13H16N4OS. The largest absolute Gasteiger partial charge is 0.484 e. The van der Waals surface area contributed by atoms with Crippen LogP contribution in [0.5, 0.6) is 5.75 Å². The molecule has 0 amide bonds. The molecule has 0 unspecified atom stereocenters. The third-order valence-corrected chi connectivity index (χ3v) is 3.90. The molecule has 0 N–H and O–H groups in total. The normalized spacial score (nSPS) is 14.6. The van der Waals surface area contributed by atoms with Crippen molar-refractivity contribution in [2.24, 2.45) is 0 Å². The second kappa shape index (κ2) is 5.61. The third kappa shape index (κ3) is 2.89. The van der Waals surface area contributed by atoms with Crippen LogP contribution in [-0.4, -0.2) is 26.0 Å². The molecule has 0 saturated heterocycles. The topological polar surface area (TPSA) is 52.8 Å². The van der Waals surface area contributed by atoms with Gasteiger partial charge in [0.05, 0.1) is 6.04 Å². The molecule has 100 valence electrons. The molecule has 2 aromatic rings. The van der Waals surface area contributed by atoms with Crippen LogP contribution in [0.15, 0.2) is 29.2 Å². The predicted molar refractivity (Wildman–Crippen MR) is 73.3 cm³/mol. The first-order valence-corrected chi connectivity index (χ1v) is 7.48. The van der Waals surface area contributed by atoms with Crippen molar-refractivity contribution in [3.63, 3.8) is 0 Å². The Labute approximate surface area is 116 Å². The van der Waals surface area contributed by atoms with Crippen molar-refractivity contribution in [1.29, 1.82) is 0 Å². The van der Waals surface area contributed by atoms with Crippen LogP contribution in [0.3, 0.4) is 0 Å². The van der Waals surface area contributed by atoms with Gasteiger partial charge < -0.3 is 4.74 Å². The van der Waals surface area contributed by atoms with Crippen LogP contribution >= 0.6 is 11.8 Å². The van der Waals surface area contributed by atoms with Crippen molar-refractivity contribution < 1.29 is 4.74 Å². The van der Waals surface area contributed by atoms with Crippen molar-refractivity contribution in [2.75, 3.05) is 5.75 Å². The monoisotopic (exact) mass is 276 g/mol. The van der Waals surface area contributed by atoms with E-state index in [1.165, 1.54) is 12.8 Å². The summed E-state index contributed by atoms with van der Waals surface area (Å²) in [6.07, 6.45) is 2.33. The highest BCUT2D eigenvalue weighted by Crippen LogP contribution is 2.35. The molecule has 1 aliphatic rings. The van der Waals surface area contributed by atoms with Crippen LogP contribution in [0.2, 0.25) is 0 Å². The Morgan fingerprint density at radius 3 is 3.00 bits per heavy atom. The summed E-state index contributed by atoms with van der Waals surface area (Å²) in [6, 6.07) is 8.56. The van der Waals surface area contributed by atoms with E-state index in [1.807, 2.05) is 22.9 Å². The number of benzene rings is 1. The molecule has 1 heterocycles. The second-order valence-corrected chi connectivity index (χ2v) is 5.75. The number of nitrogens with zero attached hydrogens (tertiary/aromatic N) is 4. The number of thioether (sulfide) groups is 1. The molecule has 1 saturated carbocycles. The van der Waals surface area contributed by atoms with E-state index in [0.29, 0.717) is 12.6 Å². The SMILES string of the molecule is CCSc1ccccc1OCc1nnnn1C1CC1. The van der Waals surface area contributed by atoms with Crippen molar-refractivity contribution >= 4 is 11.8 Å².